The summed E-state index contributed by atoms with van der Waals surface area (Å²) in [4.78, 5) is 0. The average molecular weight is 236 g/mol. The summed E-state index contributed by atoms with van der Waals surface area (Å²) in [5.74, 6) is -2.11. The van der Waals surface area contributed by atoms with Crippen LogP contribution in [0.5, 0.6) is 0 Å². The summed E-state index contributed by atoms with van der Waals surface area (Å²) in [6.45, 7) is 0. The van der Waals surface area contributed by atoms with Gasteiger partial charge in [0.1, 0.15) is 18.3 Å². The Kier molecular flexibility index (Phi) is 2.96. The average Bonchev–Trinajstić information content (AvgIpc) is 2.48. The highest BCUT2D eigenvalue weighted by atomic mass is 16.4. The van der Waals surface area contributed by atoms with Crippen molar-refractivity contribution in [2.24, 2.45) is 11.8 Å². The highest BCUT2D eigenvalue weighted by Gasteiger charge is 2.60. The number of rotatable bonds is 0. The fourth-order valence-electron chi connectivity index (χ4n) is 2.83. The van der Waals surface area contributed by atoms with Crippen molar-refractivity contribution in [2.45, 2.75) is 42.7 Å². The van der Waals surface area contributed by atoms with E-state index in [1.807, 2.05) is 0 Å². The van der Waals surface area contributed by atoms with Gasteiger partial charge in [-0.25, -0.2) is 0 Å². The van der Waals surface area contributed by atoms with Crippen LogP contribution in [0.2, 0.25) is 0 Å². The minimum absolute atomic E-state index is 1.06. The molecule has 0 heterocycles. The lowest BCUT2D eigenvalue weighted by atomic mass is 9.73. The summed E-state index contributed by atoms with van der Waals surface area (Å²) >= 11 is 0. The van der Waals surface area contributed by atoms with Crippen molar-refractivity contribution in [3.8, 4) is 0 Å². The molecule has 7 N–H and O–H groups in total. The molecule has 94 valence electrons. The van der Waals surface area contributed by atoms with Crippen LogP contribution in [-0.4, -0.2) is 78.5 Å². The zero-order chi connectivity index (χ0) is 12.2. The lowest BCUT2D eigenvalue weighted by molar-refractivity contribution is -0.196. The minimum atomic E-state index is -1.61. The van der Waals surface area contributed by atoms with Crippen LogP contribution in [-0.2, 0) is 0 Å². The lowest BCUT2D eigenvalue weighted by Crippen LogP contribution is -2.60. The number of fused-ring (bicyclic) bond motifs is 1. The van der Waals surface area contributed by atoms with Crippen LogP contribution < -0.4 is 0 Å². The van der Waals surface area contributed by atoms with Gasteiger partial charge < -0.3 is 35.7 Å². The normalized spacial score (nSPS) is 62.1. The summed E-state index contributed by atoms with van der Waals surface area (Å²) in [6.07, 6.45) is -10.6. The van der Waals surface area contributed by atoms with E-state index in [-0.39, 0.29) is 0 Å². The van der Waals surface area contributed by atoms with Crippen LogP contribution in [0.4, 0.5) is 0 Å². The Morgan fingerprint density at radius 3 is 0.750 bits per heavy atom. The molecular formula is C9H16O7. The van der Waals surface area contributed by atoms with E-state index in [1.165, 1.54) is 0 Å². The predicted molar refractivity (Wildman–Crippen MR) is 49.0 cm³/mol. The van der Waals surface area contributed by atoms with Gasteiger partial charge in [-0.3, -0.25) is 0 Å². The monoisotopic (exact) mass is 236 g/mol. The second-order valence-corrected chi connectivity index (χ2v) is 4.59. The quantitative estimate of drug-likeness (QED) is 0.226. The summed E-state index contributed by atoms with van der Waals surface area (Å²) in [5.41, 5.74) is 0. The summed E-state index contributed by atoms with van der Waals surface area (Å²) in [7, 11) is 0. The molecule has 0 amide bonds. The molecule has 0 spiro atoms. The fraction of sp³-hybridized carbons (Fsp3) is 1.00. The lowest BCUT2D eigenvalue weighted by Gasteiger charge is -2.42. The molecule has 0 aromatic carbocycles. The van der Waals surface area contributed by atoms with Gasteiger partial charge in [-0.1, -0.05) is 0 Å². The number of aliphatic hydroxyl groups excluding tert-OH is 7. The largest absolute Gasteiger partial charge is 0.390 e. The standard InChI is InChI=1S/C9H16O7/c10-3-1-2(4(11)7(3)14)6(13)9(16)8(15)5(1)12/h1-16H/t1-,2+,3+,4-,5-,6-,7?,8-,9-/m1/s1. The van der Waals surface area contributed by atoms with Crippen LogP contribution in [0.3, 0.4) is 0 Å². The molecule has 1 unspecified atom stereocenters. The van der Waals surface area contributed by atoms with Crippen molar-refractivity contribution < 1.29 is 35.7 Å². The van der Waals surface area contributed by atoms with Crippen LogP contribution >= 0.6 is 0 Å². The zero-order valence-corrected chi connectivity index (χ0v) is 8.33. The van der Waals surface area contributed by atoms with Crippen molar-refractivity contribution in [3.05, 3.63) is 0 Å². The first-order chi connectivity index (χ1) is 7.37. The first-order valence-corrected chi connectivity index (χ1v) is 5.14. The Morgan fingerprint density at radius 2 is 0.500 bits per heavy atom. The van der Waals surface area contributed by atoms with Gasteiger partial charge in [0, 0.05) is 11.8 Å². The van der Waals surface area contributed by atoms with Gasteiger partial charge in [-0.05, 0) is 0 Å². The van der Waals surface area contributed by atoms with E-state index in [4.69, 9.17) is 0 Å². The Bertz CT molecular complexity index is 247. The molecule has 0 aliphatic heterocycles. The Hall–Kier alpha value is -0.280. The van der Waals surface area contributed by atoms with Gasteiger partial charge in [0.15, 0.2) is 0 Å². The highest BCUT2D eigenvalue weighted by molar-refractivity contribution is 5.10. The molecule has 0 bridgehead atoms. The molecule has 0 aromatic heterocycles. The van der Waals surface area contributed by atoms with Crippen molar-refractivity contribution in [3.63, 3.8) is 0 Å². The van der Waals surface area contributed by atoms with Crippen LogP contribution in [0.1, 0.15) is 0 Å². The Morgan fingerprint density at radius 1 is 0.312 bits per heavy atom. The Balaban J connectivity index is 2.33. The maximum absolute atomic E-state index is 9.64. The molecule has 9 atom stereocenters. The SMILES string of the molecule is OC1[C@@H](O)[C@@H]2[C@@H](O)[C@@H](O)[C@H](O)[C@H](O)[C@@H]2[C@H]1O. The van der Waals surface area contributed by atoms with E-state index in [1.54, 1.807) is 0 Å². The number of hydrogen-bond acceptors (Lipinski definition) is 7. The van der Waals surface area contributed by atoms with Gasteiger partial charge in [-0.15, -0.1) is 0 Å². The molecule has 16 heavy (non-hydrogen) atoms. The zero-order valence-electron chi connectivity index (χ0n) is 8.33. The molecule has 0 aromatic rings. The maximum Gasteiger partial charge on any atom is 0.109 e. The molecule has 2 fully saturated rings. The van der Waals surface area contributed by atoms with Crippen molar-refractivity contribution in [2.75, 3.05) is 0 Å². The first-order valence-electron chi connectivity index (χ1n) is 5.14. The van der Waals surface area contributed by atoms with Crippen LogP contribution in [0.25, 0.3) is 0 Å². The molecule has 7 heteroatoms. The van der Waals surface area contributed by atoms with E-state index in [2.05, 4.69) is 0 Å². The molecule has 2 aliphatic rings. The van der Waals surface area contributed by atoms with Gasteiger partial charge in [-0.2, -0.15) is 0 Å². The summed E-state index contributed by atoms with van der Waals surface area (Å²) in [5, 5.41) is 66.7. The molecule has 0 saturated heterocycles. The topological polar surface area (TPSA) is 142 Å². The van der Waals surface area contributed by atoms with Gasteiger partial charge >= 0.3 is 0 Å². The third-order valence-electron chi connectivity index (χ3n) is 3.77. The number of aliphatic hydroxyl groups is 7. The second kappa shape index (κ2) is 3.88. The Labute approximate surface area is 91.2 Å². The summed E-state index contributed by atoms with van der Waals surface area (Å²) in [6, 6.07) is 0. The van der Waals surface area contributed by atoms with Crippen molar-refractivity contribution in [1.29, 1.82) is 0 Å². The van der Waals surface area contributed by atoms with E-state index >= 15 is 0 Å². The van der Waals surface area contributed by atoms with E-state index in [0.29, 0.717) is 0 Å². The third-order valence-corrected chi connectivity index (χ3v) is 3.77. The van der Waals surface area contributed by atoms with E-state index in [0.717, 1.165) is 0 Å². The van der Waals surface area contributed by atoms with Crippen LogP contribution in [0.15, 0.2) is 0 Å². The van der Waals surface area contributed by atoms with Crippen molar-refractivity contribution in [1.82, 2.24) is 0 Å². The molecule has 7 nitrogen and oxygen atoms in total. The van der Waals surface area contributed by atoms with Crippen molar-refractivity contribution >= 4 is 0 Å². The molecule has 2 saturated carbocycles. The fourth-order valence-corrected chi connectivity index (χ4v) is 2.83. The molecule has 0 radical (unpaired) electrons. The second-order valence-electron chi connectivity index (χ2n) is 4.59. The minimum Gasteiger partial charge on any atom is -0.390 e. The summed E-state index contributed by atoms with van der Waals surface area (Å²) < 4.78 is 0. The number of hydrogen-bond donors (Lipinski definition) is 7. The molecular weight excluding hydrogens is 220 g/mol. The molecule has 2 rings (SSSR count). The van der Waals surface area contributed by atoms with Gasteiger partial charge in [0.25, 0.3) is 0 Å². The maximum atomic E-state index is 9.64. The van der Waals surface area contributed by atoms with Gasteiger partial charge in [0.05, 0.1) is 24.4 Å². The van der Waals surface area contributed by atoms with Gasteiger partial charge in [0.2, 0.25) is 0 Å². The predicted octanol–water partition coefficient (Wildman–Crippen LogP) is -4.23. The molecule has 2 aliphatic carbocycles. The highest BCUT2D eigenvalue weighted by Crippen LogP contribution is 2.43. The van der Waals surface area contributed by atoms with E-state index in [9.17, 15) is 35.7 Å². The smallest absolute Gasteiger partial charge is 0.109 e. The third kappa shape index (κ3) is 1.41. The van der Waals surface area contributed by atoms with E-state index < -0.39 is 54.6 Å². The van der Waals surface area contributed by atoms with Crippen LogP contribution in [0, 0.1) is 11.8 Å². The first kappa shape index (κ1) is 12.2.